The number of hydrogen-bond acceptors (Lipinski definition) is 5. The van der Waals surface area contributed by atoms with Gasteiger partial charge in [0.15, 0.2) is 6.10 Å². The van der Waals surface area contributed by atoms with Crippen LogP contribution in [0.1, 0.15) is 214 Å². The lowest BCUT2D eigenvalue weighted by Gasteiger charge is -2.11. The Morgan fingerprint density at radius 3 is 1.00 bits per heavy atom. The molecule has 0 spiro atoms. The minimum absolute atomic E-state index is 0.306. The SMILES string of the molecule is CC(C)CCCCCCCCCCCCCCCOC(=O)C[C@H](O)C(=O)OCCCCCCCCCCCCCCCC(C)C. The quantitative estimate of drug-likeness (QED) is 0.0552. The van der Waals surface area contributed by atoms with E-state index in [9.17, 15) is 14.7 Å². The molecule has 0 saturated heterocycles. The second-order valence-corrected chi connectivity index (χ2v) is 14.7. The van der Waals surface area contributed by atoms with Crippen molar-refractivity contribution in [2.75, 3.05) is 13.2 Å². The molecule has 0 aromatic carbocycles. The van der Waals surface area contributed by atoms with Crippen LogP contribution in [0, 0.1) is 11.8 Å². The zero-order valence-electron chi connectivity index (χ0n) is 30.7. The Kier molecular flexibility index (Phi) is 33.4. The fourth-order valence-corrected chi connectivity index (χ4v) is 5.95. The summed E-state index contributed by atoms with van der Waals surface area (Å²) in [6, 6.07) is 0. The summed E-state index contributed by atoms with van der Waals surface area (Å²) < 4.78 is 10.4. The maximum absolute atomic E-state index is 12.0. The maximum Gasteiger partial charge on any atom is 0.335 e. The van der Waals surface area contributed by atoms with Crippen molar-refractivity contribution in [3.8, 4) is 0 Å². The Bertz CT molecular complexity index is 632. The lowest BCUT2D eigenvalue weighted by atomic mass is 10.0. The molecule has 0 unspecified atom stereocenters. The molecule has 0 fully saturated rings. The number of aliphatic hydroxyl groups excluding tert-OH is 1. The molecule has 0 bridgehead atoms. The third-order valence-corrected chi connectivity index (χ3v) is 8.99. The van der Waals surface area contributed by atoms with Gasteiger partial charge >= 0.3 is 11.9 Å². The van der Waals surface area contributed by atoms with E-state index in [0.29, 0.717) is 13.2 Å². The first-order valence-electron chi connectivity index (χ1n) is 19.8. The van der Waals surface area contributed by atoms with Crippen LogP contribution in [0.5, 0.6) is 0 Å². The first kappa shape index (κ1) is 43.9. The highest BCUT2D eigenvalue weighted by molar-refractivity contribution is 5.81. The molecule has 0 amide bonds. The van der Waals surface area contributed by atoms with Crippen LogP contribution in [0.4, 0.5) is 0 Å². The summed E-state index contributed by atoms with van der Waals surface area (Å²) in [7, 11) is 0. The van der Waals surface area contributed by atoms with Crippen LogP contribution in [0.25, 0.3) is 0 Å². The number of aliphatic hydroxyl groups is 1. The Morgan fingerprint density at radius 2 is 0.689 bits per heavy atom. The van der Waals surface area contributed by atoms with E-state index < -0.39 is 18.0 Å². The van der Waals surface area contributed by atoms with Gasteiger partial charge in [-0.2, -0.15) is 0 Å². The van der Waals surface area contributed by atoms with Crippen LogP contribution in [-0.4, -0.2) is 36.4 Å². The number of unbranched alkanes of at least 4 members (excludes halogenated alkanes) is 24. The molecule has 0 aliphatic carbocycles. The van der Waals surface area contributed by atoms with Crippen LogP contribution in [0.15, 0.2) is 0 Å². The topological polar surface area (TPSA) is 72.8 Å². The van der Waals surface area contributed by atoms with Crippen LogP contribution in [0.3, 0.4) is 0 Å². The molecule has 0 saturated carbocycles. The van der Waals surface area contributed by atoms with Gasteiger partial charge in [0.2, 0.25) is 0 Å². The first-order valence-corrected chi connectivity index (χ1v) is 19.8. The third-order valence-electron chi connectivity index (χ3n) is 8.99. The summed E-state index contributed by atoms with van der Waals surface area (Å²) in [4.78, 5) is 24.0. The fraction of sp³-hybridized carbons (Fsp3) is 0.950. The number of ether oxygens (including phenoxy) is 2. The lowest BCUT2D eigenvalue weighted by Crippen LogP contribution is -2.27. The van der Waals surface area contributed by atoms with Crippen molar-refractivity contribution >= 4 is 11.9 Å². The Balaban J connectivity index is 3.39. The molecule has 0 aromatic rings. The number of esters is 2. The zero-order chi connectivity index (χ0) is 33.2. The van der Waals surface area contributed by atoms with E-state index in [4.69, 9.17) is 9.47 Å². The number of carbonyl (C=O) groups is 2. The second-order valence-electron chi connectivity index (χ2n) is 14.7. The van der Waals surface area contributed by atoms with Crippen molar-refractivity contribution in [3.05, 3.63) is 0 Å². The molecule has 0 rings (SSSR count). The Morgan fingerprint density at radius 1 is 0.422 bits per heavy atom. The van der Waals surface area contributed by atoms with Gasteiger partial charge in [-0.3, -0.25) is 4.79 Å². The van der Waals surface area contributed by atoms with Gasteiger partial charge in [0, 0.05) is 0 Å². The molecule has 0 aliphatic rings. The Hall–Kier alpha value is -1.10. The third kappa shape index (κ3) is 35.6. The van der Waals surface area contributed by atoms with Gasteiger partial charge in [0.1, 0.15) is 0 Å². The number of carbonyl (C=O) groups excluding carboxylic acids is 2. The van der Waals surface area contributed by atoms with Gasteiger partial charge in [0.25, 0.3) is 0 Å². The summed E-state index contributed by atoms with van der Waals surface area (Å²) in [5, 5.41) is 9.99. The molecule has 1 N–H and O–H groups in total. The van der Waals surface area contributed by atoms with Gasteiger partial charge in [0.05, 0.1) is 19.6 Å². The molecule has 5 nitrogen and oxygen atoms in total. The summed E-state index contributed by atoms with van der Waals surface area (Å²) in [5.74, 6) is 0.451. The highest BCUT2D eigenvalue weighted by Gasteiger charge is 2.21. The number of rotatable bonds is 35. The summed E-state index contributed by atoms with van der Waals surface area (Å²) >= 11 is 0. The van der Waals surface area contributed by atoms with Gasteiger partial charge in [-0.25, -0.2) is 4.79 Å². The van der Waals surface area contributed by atoms with E-state index in [2.05, 4.69) is 27.7 Å². The largest absolute Gasteiger partial charge is 0.466 e. The van der Waals surface area contributed by atoms with Crippen molar-refractivity contribution in [2.24, 2.45) is 11.8 Å². The Labute approximate surface area is 280 Å². The molecule has 1 atom stereocenters. The standard InChI is InChI=1S/C40H78O5/c1-36(2)31-27-23-19-15-11-7-5-9-13-17-21-25-29-33-44-39(42)35-38(41)40(43)45-34-30-26-22-18-14-10-6-8-12-16-20-24-28-32-37(3)4/h36-38,41H,5-35H2,1-4H3/t38-/m0/s1. The van der Waals surface area contributed by atoms with Gasteiger partial charge in [-0.1, -0.05) is 195 Å². The molecule has 0 heterocycles. The molecular formula is C40H78O5. The van der Waals surface area contributed by atoms with Crippen LogP contribution in [0.2, 0.25) is 0 Å². The minimum Gasteiger partial charge on any atom is -0.466 e. The van der Waals surface area contributed by atoms with Gasteiger partial charge < -0.3 is 14.6 Å². The van der Waals surface area contributed by atoms with Crippen molar-refractivity contribution in [2.45, 2.75) is 220 Å². The highest BCUT2D eigenvalue weighted by atomic mass is 16.6. The monoisotopic (exact) mass is 639 g/mol. The van der Waals surface area contributed by atoms with E-state index in [1.54, 1.807) is 0 Å². The van der Waals surface area contributed by atoms with E-state index in [-0.39, 0.29) is 6.42 Å². The smallest absolute Gasteiger partial charge is 0.335 e. The predicted molar refractivity (Wildman–Crippen MR) is 191 cm³/mol. The average molecular weight is 639 g/mol. The first-order chi connectivity index (χ1) is 21.8. The molecule has 0 radical (unpaired) electrons. The summed E-state index contributed by atoms with van der Waals surface area (Å²) in [6.07, 6.45) is 34.2. The van der Waals surface area contributed by atoms with Gasteiger partial charge in [-0.05, 0) is 24.7 Å². The highest BCUT2D eigenvalue weighted by Crippen LogP contribution is 2.16. The summed E-state index contributed by atoms with van der Waals surface area (Å²) in [6.45, 7) is 9.91. The van der Waals surface area contributed by atoms with Crippen molar-refractivity contribution in [3.63, 3.8) is 0 Å². The zero-order valence-corrected chi connectivity index (χ0v) is 30.7. The second kappa shape index (κ2) is 34.2. The maximum atomic E-state index is 12.0. The van der Waals surface area contributed by atoms with E-state index >= 15 is 0 Å². The predicted octanol–water partition coefficient (Wildman–Crippen LogP) is 12.1. The molecule has 0 aromatic heterocycles. The van der Waals surface area contributed by atoms with Gasteiger partial charge in [-0.15, -0.1) is 0 Å². The molecule has 5 heteroatoms. The van der Waals surface area contributed by atoms with Crippen molar-refractivity contribution in [1.82, 2.24) is 0 Å². The van der Waals surface area contributed by atoms with E-state index in [0.717, 1.165) is 43.9 Å². The van der Waals surface area contributed by atoms with E-state index in [1.165, 1.54) is 148 Å². The lowest BCUT2D eigenvalue weighted by molar-refractivity contribution is -0.160. The van der Waals surface area contributed by atoms with Crippen LogP contribution in [-0.2, 0) is 19.1 Å². The van der Waals surface area contributed by atoms with Crippen molar-refractivity contribution < 1.29 is 24.2 Å². The molecule has 45 heavy (non-hydrogen) atoms. The van der Waals surface area contributed by atoms with Crippen molar-refractivity contribution in [1.29, 1.82) is 0 Å². The fourth-order valence-electron chi connectivity index (χ4n) is 5.95. The molecule has 0 aliphatic heterocycles. The molecular weight excluding hydrogens is 560 g/mol. The van der Waals surface area contributed by atoms with Crippen LogP contribution >= 0.6 is 0 Å². The number of hydrogen-bond donors (Lipinski definition) is 1. The summed E-state index contributed by atoms with van der Waals surface area (Å²) in [5.41, 5.74) is 0. The minimum atomic E-state index is -1.43. The normalized spacial score (nSPS) is 12.2. The average Bonchev–Trinajstić information content (AvgIpc) is 3.00. The van der Waals surface area contributed by atoms with Crippen LogP contribution < -0.4 is 0 Å². The molecule has 268 valence electrons. The van der Waals surface area contributed by atoms with E-state index in [1.807, 2.05) is 0 Å².